The molecular weight excluding hydrogens is 282 g/mol. The third-order valence-corrected chi connectivity index (χ3v) is 2.67. The molecule has 0 unspecified atom stereocenters. The van der Waals surface area contributed by atoms with Crippen LogP contribution in [0.1, 0.15) is 20.8 Å². The maximum absolute atomic E-state index is 11.5. The number of ether oxygens (including phenoxy) is 1. The number of nitrogens with one attached hydrogen (secondary N) is 2. The van der Waals surface area contributed by atoms with Crippen molar-refractivity contribution in [1.82, 2.24) is 20.1 Å². The van der Waals surface area contributed by atoms with Crippen molar-refractivity contribution in [1.29, 1.82) is 0 Å². The predicted octanol–water partition coefficient (Wildman–Crippen LogP) is 2.20. The number of carbonyl (C=O) groups excluding carboxylic acids is 1. The summed E-state index contributed by atoms with van der Waals surface area (Å²) in [5, 5.41) is 9.98. The van der Waals surface area contributed by atoms with Crippen LogP contribution in [0.2, 0.25) is 0 Å². The Morgan fingerprint density at radius 2 is 1.95 bits per heavy atom. The molecule has 7 heteroatoms. The predicted molar refractivity (Wildman–Crippen MR) is 84.1 cm³/mol. The van der Waals surface area contributed by atoms with E-state index in [2.05, 4.69) is 20.7 Å². The van der Waals surface area contributed by atoms with Crippen LogP contribution in [0.4, 0.5) is 10.5 Å². The third-order valence-electron chi connectivity index (χ3n) is 2.67. The quantitative estimate of drug-likeness (QED) is 0.828. The molecule has 0 aliphatic heterocycles. The van der Waals surface area contributed by atoms with Gasteiger partial charge in [0.2, 0.25) is 0 Å². The van der Waals surface area contributed by atoms with Gasteiger partial charge in [0.15, 0.2) is 0 Å². The minimum Gasteiger partial charge on any atom is -0.444 e. The summed E-state index contributed by atoms with van der Waals surface area (Å²) in [5.41, 5.74) is 1.43. The molecule has 0 fully saturated rings. The number of aromatic nitrogens is 3. The molecule has 7 nitrogen and oxygen atoms in total. The Kier molecular flexibility index (Phi) is 4.98. The molecule has 1 aromatic carbocycles. The Morgan fingerprint density at radius 1 is 1.23 bits per heavy atom. The maximum Gasteiger partial charge on any atom is 0.407 e. The number of hydrogen-bond acceptors (Lipinski definition) is 5. The molecule has 0 radical (unpaired) electrons. The number of alkyl carbamates (subject to hydrolysis) is 1. The summed E-state index contributed by atoms with van der Waals surface area (Å²) in [7, 11) is 0. The van der Waals surface area contributed by atoms with Crippen molar-refractivity contribution in [3.8, 4) is 5.69 Å². The van der Waals surface area contributed by atoms with Crippen LogP contribution >= 0.6 is 0 Å². The van der Waals surface area contributed by atoms with Crippen molar-refractivity contribution in [2.75, 3.05) is 18.4 Å². The minimum atomic E-state index is -0.477. The van der Waals surface area contributed by atoms with E-state index in [1.54, 1.807) is 11.0 Å². The van der Waals surface area contributed by atoms with E-state index in [1.165, 1.54) is 6.33 Å². The van der Waals surface area contributed by atoms with Crippen LogP contribution in [0.25, 0.3) is 5.69 Å². The lowest BCUT2D eigenvalue weighted by Gasteiger charge is -2.19. The first kappa shape index (κ1) is 15.8. The summed E-state index contributed by atoms with van der Waals surface area (Å²) < 4.78 is 6.84. The van der Waals surface area contributed by atoms with Crippen LogP contribution in [0.15, 0.2) is 36.9 Å². The van der Waals surface area contributed by atoms with E-state index in [1.807, 2.05) is 45.0 Å². The number of benzene rings is 1. The average molecular weight is 303 g/mol. The van der Waals surface area contributed by atoms with Crippen LogP contribution in [-0.4, -0.2) is 39.5 Å². The summed E-state index contributed by atoms with van der Waals surface area (Å²) in [5.74, 6) is 0. The lowest BCUT2D eigenvalue weighted by atomic mass is 10.2. The van der Waals surface area contributed by atoms with Crippen molar-refractivity contribution in [3.05, 3.63) is 36.9 Å². The summed E-state index contributed by atoms with van der Waals surface area (Å²) in [6.45, 7) is 6.60. The van der Waals surface area contributed by atoms with Gasteiger partial charge in [0.1, 0.15) is 18.3 Å². The fraction of sp³-hybridized carbons (Fsp3) is 0.400. The molecule has 2 N–H and O–H groups in total. The zero-order valence-corrected chi connectivity index (χ0v) is 13.0. The Hall–Kier alpha value is -2.57. The number of amides is 1. The SMILES string of the molecule is CC(C)(C)OC(=O)NCCNc1ccc(-n2cncn2)cc1. The first-order valence-electron chi connectivity index (χ1n) is 7.10. The number of carbonyl (C=O) groups is 1. The zero-order chi connectivity index (χ0) is 16.0. The van der Waals surface area contributed by atoms with E-state index in [4.69, 9.17) is 4.74 Å². The standard InChI is InChI=1S/C15H21N5O2/c1-15(2,3)22-14(21)18-9-8-17-12-4-6-13(7-5-12)20-11-16-10-19-20/h4-7,10-11,17H,8-9H2,1-3H3,(H,18,21). The van der Waals surface area contributed by atoms with Crippen molar-refractivity contribution in [2.45, 2.75) is 26.4 Å². The van der Waals surface area contributed by atoms with Gasteiger partial charge in [-0.1, -0.05) is 0 Å². The second-order valence-electron chi connectivity index (χ2n) is 5.74. The molecule has 0 spiro atoms. The lowest BCUT2D eigenvalue weighted by Crippen LogP contribution is -2.34. The highest BCUT2D eigenvalue weighted by Crippen LogP contribution is 2.11. The van der Waals surface area contributed by atoms with Gasteiger partial charge in [-0.3, -0.25) is 0 Å². The van der Waals surface area contributed by atoms with E-state index >= 15 is 0 Å². The van der Waals surface area contributed by atoms with Gasteiger partial charge in [0, 0.05) is 18.8 Å². The maximum atomic E-state index is 11.5. The smallest absolute Gasteiger partial charge is 0.407 e. The highest BCUT2D eigenvalue weighted by atomic mass is 16.6. The molecule has 22 heavy (non-hydrogen) atoms. The molecule has 2 rings (SSSR count). The highest BCUT2D eigenvalue weighted by molar-refractivity contribution is 5.67. The molecule has 1 aromatic heterocycles. The molecule has 2 aromatic rings. The van der Waals surface area contributed by atoms with E-state index in [0.717, 1.165) is 11.4 Å². The monoisotopic (exact) mass is 303 g/mol. The van der Waals surface area contributed by atoms with Gasteiger partial charge in [0.25, 0.3) is 0 Å². The summed E-state index contributed by atoms with van der Waals surface area (Å²) in [6.07, 6.45) is 2.73. The van der Waals surface area contributed by atoms with Crippen LogP contribution in [0, 0.1) is 0 Å². The Bertz CT molecular complexity index is 587. The normalized spacial score (nSPS) is 11.0. The van der Waals surface area contributed by atoms with E-state index < -0.39 is 11.7 Å². The van der Waals surface area contributed by atoms with Crippen molar-refractivity contribution in [2.24, 2.45) is 0 Å². The van der Waals surface area contributed by atoms with Crippen LogP contribution in [-0.2, 0) is 4.74 Å². The molecule has 1 amide bonds. The molecular formula is C15H21N5O2. The van der Waals surface area contributed by atoms with Gasteiger partial charge in [0.05, 0.1) is 5.69 Å². The first-order valence-corrected chi connectivity index (χ1v) is 7.10. The van der Waals surface area contributed by atoms with Crippen LogP contribution in [0.3, 0.4) is 0 Å². The Labute approximate surface area is 129 Å². The van der Waals surface area contributed by atoms with Gasteiger partial charge in [-0.25, -0.2) is 14.5 Å². The molecule has 1 heterocycles. The summed E-state index contributed by atoms with van der Waals surface area (Å²) in [4.78, 5) is 15.4. The first-order chi connectivity index (χ1) is 10.4. The van der Waals surface area contributed by atoms with Gasteiger partial charge >= 0.3 is 6.09 Å². The fourth-order valence-electron chi connectivity index (χ4n) is 1.76. The number of rotatable bonds is 5. The zero-order valence-electron chi connectivity index (χ0n) is 13.0. The molecule has 0 aliphatic carbocycles. The second-order valence-corrected chi connectivity index (χ2v) is 5.74. The number of anilines is 1. The molecule has 118 valence electrons. The topological polar surface area (TPSA) is 81.1 Å². The second kappa shape index (κ2) is 6.93. The van der Waals surface area contributed by atoms with Crippen molar-refractivity contribution in [3.63, 3.8) is 0 Å². The van der Waals surface area contributed by atoms with Gasteiger partial charge in [-0.2, -0.15) is 5.10 Å². The van der Waals surface area contributed by atoms with Gasteiger partial charge < -0.3 is 15.4 Å². The molecule has 0 atom stereocenters. The van der Waals surface area contributed by atoms with Crippen LogP contribution < -0.4 is 10.6 Å². The summed E-state index contributed by atoms with van der Waals surface area (Å²) >= 11 is 0. The van der Waals surface area contributed by atoms with Crippen molar-refractivity contribution >= 4 is 11.8 Å². The Morgan fingerprint density at radius 3 is 2.55 bits per heavy atom. The van der Waals surface area contributed by atoms with Crippen molar-refractivity contribution < 1.29 is 9.53 Å². The van der Waals surface area contributed by atoms with Gasteiger partial charge in [-0.05, 0) is 45.0 Å². The number of hydrogen-bond donors (Lipinski definition) is 2. The molecule has 0 saturated carbocycles. The lowest BCUT2D eigenvalue weighted by molar-refractivity contribution is 0.0530. The average Bonchev–Trinajstić information content (AvgIpc) is 2.96. The van der Waals surface area contributed by atoms with E-state index in [0.29, 0.717) is 13.1 Å². The fourth-order valence-corrected chi connectivity index (χ4v) is 1.76. The van der Waals surface area contributed by atoms with E-state index in [-0.39, 0.29) is 0 Å². The molecule has 0 saturated heterocycles. The molecule has 0 aliphatic rings. The largest absolute Gasteiger partial charge is 0.444 e. The number of nitrogens with zero attached hydrogens (tertiary/aromatic N) is 3. The Balaban J connectivity index is 1.72. The molecule has 0 bridgehead atoms. The highest BCUT2D eigenvalue weighted by Gasteiger charge is 2.15. The third kappa shape index (κ3) is 5.08. The van der Waals surface area contributed by atoms with Crippen LogP contribution in [0.5, 0.6) is 0 Å². The van der Waals surface area contributed by atoms with E-state index in [9.17, 15) is 4.79 Å². The summed E-state index contributed by atoms with van der Waals surface area (Å²) in [6, 6.07) is 7.78. The van der Waals surface area contributed by atoms with Gasteiger partial charge in [-0.15, -0.1) is 0 Å². The minimum absolute atomic E-state index is 0.407.